The molecule has 10 aromatic rings. The van der Waals surface area contributed by atoms with E-state index in [9.17, 15) is 54.0 Å². The first-order valence-corrected chi connectivity index (χ1v) is 50.4. The van der Waals surface area contributed by atoms with E-state index in [1.165, 1.54) is 38.5 Å². The molecule has 0 saturated heterocycles. The molecule has 128 heavy (non-hydrogen) atoms. The van der Waals surface area contributed by atoms with Crippen LogP contribution in [0.3, 0.4) is 0 Å². The highest BCUT2D eigenvalue weighted by Gasteiger charge is 2.55. The Kier molecular flexibility index (Phi) is 29.3. The summed E-state index contributed by atoms with van der Waals surface area (Å²) in [7, 11) is -10.3. The zero-order valence-corrected chi connectivity index (χ0v) is 78.7. The summed E-state index contributed by atoms with van der Waals surface area (Å²) in [5.74, 6) is 2.44. The molecule has 0 unspecified atom stereocenters. The van der Waals surface area contributed by atoms with Crippen LogP contribution in [0.2, 0.25) is 15.1 Å². The highest BCUT2D eigenvalue weighted by molar-refractivity contribution is 7.90. The molecule has 9 N–H and O–H groups in total. The third-order valence-corrected chi connectivity index (χ3v) is 32.1. The van der Waals surface area contributed by atoms with E-state index in [1.807, 2.05) is 151 Å². The first kappa shape index (κ1) is 94.2. The van der Waals surface area contributed by atoms with Crippen molar-refractivity contribution in [3.05, 3.63) is 208 Å². The molecular weight excluding hydrogens is 1750 g/mol. The van der Waals surface area contributed by atoms with E-state index >= 15 is 0 Å². The molecule has 0 atom stereocenters. The summed E-state index contributed by atoms with van der Waals surface area (Å²) in [4.78, 5) is 87.6. The van der Waals surface area contributed by atoms with Crippen LogP contribution in [-0.4, -0.2) is 142 Å². The maximum atomic E-state index is 13.3. The number of para-hydroxylation sites is 3. The molecule has 0 spiro atoms. The predicted octanol–water partition coefficient (Wildman–Crippen LogP) is 16.4. The second kappa shape index (κ2) is 39.8. The van der Waals surface area contributed by atoms with Crippen molar-refractivity contribution in [3.63, 3.8) is 0 Å². The Morgan fingerprint density at radius 2 is 0.734 bits per heavy atom. The Morgan fingerprint density at radius 3 is 1.05 bits per heavy atom. The van der Waals surface area contributed by atoms with E-state index in [0.29, 0.717) is 116 Å². The predicted molar refractivity (Wildman–Crippen MR) is 500 cm³/mol. The van der Waals surface area contributed by atoms with E-state index in [2.05, 4.69) is 50.2 Å². The van der Waals surface area contributed by atoms with Crippen LogP contribution in [-0.2, 0) is 66.0 Å². The zero-order valence-electron chi connectivity index (χ0n) is 74.0. The van der Waals surface area contributed by atoms with Gasteiger partial charge in [0.25, 0.3) is 23.6 Å². The zero-order chi connectivity index (χ0) is 91.3. The third-order valence-electron chi connectivity index (χ3n) is 26.6. The maximum absolute atomic E-state index is 13.3. The number of amides is 6. The molecule has 8 fully saturated rings. The Balaban J connectivity index is 0.000000155. The normalized spacial score (nSPS) is 20.1. The second-order valence-electron chi connectivity index (χ2n) is 36.6. The Hall–Kier alpha value is -9.91. The largest absolute Gasteiger partial charge is 0.494 e. The van der Waals surface area contributed by atoms with Gasteiger partial charge in [0.1, 0.15) is 34.3 Å². The molecule has 8 aliphatic carbocycles. The number of carbonyl (C=O) groups is 6. The summed E-state index contributed by atoms with van der Waals surface area (Å²) < 4.78 is 103. The summed E-state index contributed by atoms with van der Waals surface area (Å²) in [5, 5.41) is 17.3. The van der Waals surface area contributed by atoms with Crippen LogP contribution in [0.5, 0.6) is 17.2 Å². The van der Waals surface area contributed by atoms with Gasteiger partial charge in [-0.25, -0.2) is 39.4 Å². The number of rotatable bonds is 34. The summed E-state index contributed by atoms with van der Waals surface area (Å²) in [6, 6.07) is 33.8. The van der Waals surface area contributed by atoms with Gasteiger partial charge in [0.2, 0.25) is 41.9 Å². The van der Waals surface area contributed by atoms with E-state index in [-0.39, 0.29) is 70.9 Å². The van der Waals surface area contributed by atoms with Gasteiger partial charge in [-0.2, -0.15) is 5.10 Å². The minimum absolute atomic E-state index is 0.0165. The van der Waals surface area contributed by atoms with Crippen molar-refractivity contribution in [2.45, 2.75) is 177 Å². The fraction of sp³-hybridized carbons (Fsp3) is 0.469. The van der Waals surface area contributed by atoms with Crippen molar-refractivity contribution >= 4 is 133 Å². The highest BCUT2D eigenvalue weighted by atomic mass is 35.5. The molecule has 0 radical (unpaired) electrons. The molecule has 26 nitrogen and oxygen atoms in total. The third kappa shape index (κ3) is 22.6. The van der Waals surface area contributed by atoms with Crippen LogP contribution < -0.4 is 44.3 Å². The van der Waals surface area contributed by atoms with E-state index in [0.717, 1.165) is 155 Å². The average molecular weight is 1870 g/mol. The number of aromatic amines is 3. The number of aryl methyl sites for hydroxylation is 11. The van der Waals surface area contributed by atoms with Crippen LogP contribution in [0, 0.1) is 102 Å². The molecular formula is C96H116Cl3N11O15S3. The Labute approximate surface area is 763 Å². The molecule has 0 aliphatic heterocycles. The minimum Gasteiger partial charge on any atom is -0.494 e. The maximum Gasteiger partial charge on any atom is 0.281 e. The molecule has 8 saturated carbocycles. The van der Waals surface area contributed by atoms with E-state index < -0.39 is 59.5 Å². The number of ether oxygens (including phenoxy) is 3. The lowest BCUT2D eigenvalue weighted by atomic mass is 9.49. The van der Waals surface area contributed by atoms with Crippen molar-refractivity contribution in [2.24, 2.45) is 53.4 Å². The number of carbonyl (C=O) groups excluding carboxylic acids is 6. The van der Waals surface area contributed by atoms with Gasteiger partial charge in [-0.1, -0.05) is 89.4 Å². The number of halogens is 3. The number of nitrogens with zero attached hydrogens (tertiary/aromatic N) is 2. The van der Waals surface area contributed by atoms with Gasteiger partial charge >= 0.3 is 0 Å². The lowest BCUT2D eigenvalue weighted by Gasteiger charge is -2.56. The standard InChI is InChI=1S/C34H42ClN3O5S.C33H40ClN3O5S.C29H34ClN5O5S/c1-21-12-26(13-22(2)31(21)35)43-10-5-7-28-27-6-3-4-8-29(27)37-32(28)33(40)38-44(41,42)11-9-36-30(39)20-34-17-23-14-24(18-34)16-25(15-23)19-34;1-20-12-25(13-21(2)29(20)34)42-10-5-7-27-26-6-3-4-8-28(26)36-30(27)31(38)37-43(40,41)11-9-35-32(39)33-17-22-14-23(18-33)16-24(15-22)19-33;1-17-15-21(16-18(2)26(17)30)40-13-8-10-23-22-9-6-7-11-24(22)32-27(23)29(37)34-41(38,39)14-12-31-28(36)25-19(3)33-35(5)20(25)4/h3-4,6,8,12-13,23-25,37H,5,7,9-11,14-20H2,1-2H3,(H,36,39)(H,38,40);3-4,6,8,12-13,22-24,36H,5,7,9-11,14-19H2,1-2H3,(H,35,39)(H,37,38);6-7,9,11,15-16,32H,8,10,12-14H2,1-5H3,(H,31,36)(H,34,37). The average Bonchev–Trinajstić information content (AvgIpc) is 0.956. The number of nitrogens with one attached hydrogen (secondary N) is 9. The second-order valence-corrected chi connectivity index (χ2v) is 43.3. The van der Waals surface area contributed by atoms with Gasteiger partial charge in [-0.05, 0) is 317 Å². The van der Waals surface area contributed by atoms with Crippen LogP contribution in [0.15, 0.2) is 109 Å². The van der Waals surface area contributed by atoms with Gasteiger partial charge in [-0.3, -0.25) is 33.4 Å². The SMILES string of the molecule is Cc1cc(OCCCc2c(C(=O)NS(=O)(=O)CCNC(=O)C34CC5CC(CC(C5)C3)C4)[nH]c3ccccc23)cc(C)c1Cl.Cc1cc(OCCCc2c(C(=O)NS(=O)(=O)CCNC(=O)CC34CC5CC(CC(C5)C3)C4)[nH]c3ccccc23)cc(C)c1Cl.Cc1cc(OCCCc2c(C(=O)NS(=O)(=O)CCNC(=O)c3c(C)nn(C)c3C)[nH]c3ccccc23)cc(C)c1Cl. The molecule has 18 rings (SSSR count). The smallest absolute Gasteiger partial charge is 0.281 e. The fourth-order valence-corrected chi connectivity index (χ4v) is 24.5. The highest BCUT2D eigenvalue weighted by Crippen LogP contribution is 2.62. The molecule has 32 heteroatoms. The topological polar surface area (TPSA) is 370 Å². The fourth-order valence-electron chi connectivity index (χ4n) is 21.6. The van der Waals surface area contributed by atoms with Crippen molar-refractivity contribution in [1.29, 1.82) is 0 Å². The molecule has 4 aromatic heterocycles. The van der Waals surface area contributed by atoms with Gasteiger partial charge < -0.3 is 45.1 Å². The number of H-pyrrole nitrogens is 3. The van der Waals surface area contributed by atoms with Gasteiger partial charge in [-0.15, -0.1) is 0 Å². The first-order chi connectivity index (χ1) is 60.9. The van der Waals surface area contributed by atoms with Gasteiger partial charge in [0.05, 0.1) is 48.3 Å². The van der Waals surface area contributed by atoms with Crippen molar-refractivity contribution in [1.82, 2.24) is 54.8 Å². The quantitative estimate of drug-likeness (QED) is 0.0169. The van der Waals surface area contributed by atoms with Crippen molar-refractivity contribution < 1.29 is 68.2 Å². The molecule has 8 aliphatic rings. The molecule has 8 bridgehead atoms. The molecule has 6 aromatic carbocycles. The van der Waals surface area contributed by atoms with Crippen LogP contribution in [0.25, 0.3) is 32.7 Å². The van der Waals surface area contributed by atoms with Crippen LogP contribution in [0.1, 0.15) is 206 Å². The lowest BCUT2D eigenvalue weighted by Crippen LogP contribution is -2.54. The summed E-state index contributed by atoms with van der Waals surface area (Å²) in [6.07, 6.45) is 17.6. The first-order valence-electron chi connectivity index (χ1n) is 44.3. The number of sulfonamides is 3. The lowest BCUT2D eigenvalue weighted by molar-refractivity contribution is -0.146. The summed E-state index contributed by atoms with van der Waals surface area (Å²) >= 11 is 18.8. The summed E-state index contributed by atoms with van der Waals surface area (Å²) in [5.41, 5.74) is 12.1. The van der Waals surface area contributed by atoms with Gasteiger partial charge in [0.15, 0.2) is 0 Å². The number of benzene rings is 6. The van der Waals surface area contributed by atoms with Crippen LogP contribution in [0.4, 0.5) is 0 Å². The number of fused-ring (bicyclic) bond motifs is 3. The number of hydrogen-bond donors (Lipinski definition) is 9. The molecule has 684 valence electrons. The van der Waals surface area contributed by atoms with Crippen molar-refractivity contribution in [3.8, 4) is 17.2 Å². The molecule has 4 heterocycles. The van der Waals surface area contributed by atoms with E-state index in [1.54, 1.807) is 25.6 Å². The Bertz CT molecular complexity index is 6110. The van der Waals surface area contributed by atoms with Crippen molar-refractivity contribution in [2.75, 3.05) is 56.7 Å². The van der Waals surface area contributed by atoms with Crippen LogP contribution >= 0.6 is 34.8 Å². The molecule has 6 amide bonds. The number of hydrogen-bond acceptors (Lipinski definition) is 16. The minimum atomic E-state index is -4.04. The summed E-state index contributed by atoms with van der Waals surface area (Å²) in [6.45, 7) is 16.1. The van der Waals surface area contributed by atoms with Gasteiger partial charge in [0, 0.05) is 92.0 Å². The monoisotopic (exact) mass is 1860 g/mol. The number of aromatic nitrogens is 5. The Morgan fingerprint density at radius 1 is 0.430 bits per heavy atom. The van der Waals surface area contributed by atoms with E-state index in [4.69, 9.17) is 49.0 Å².